The van der Waals surface area contributed by atoms with Crippen molar-refractivity contribution in [1.82, 2.24) is 0 Å². The fourth-order valence-corrected chi connectivity index (χ4v) is 0.818. The Bertz CT molecular complexity index is 274. The molecule has 3 nitrogen and oxygen atoms in total. The summed E-state index contributed by atoms with van der Waals surface area (Å²) in [5, 5.41) is 7.57. The molecule has 1 aromatic carbocycles. The van der Waals surface area contributed by atoms with E-state index in [1.165, 1.54) is 0 Å². The highest BCUT2D eigenvalue weighted by Gasteiger charge is 1.93. The van der Waals surface area contributed by atoms with Gasteiger partial charge in [-0.25, -0.2) is 0 Å². The molecular formula is C8H9Cl2N2O-. The molecule has 0 spiro atoms. The summed E-state index contributed by atoms with van der Waals surface area (Å²) in [6.45, 7) is 0.113. The molecule has 0 aliphatic rings. The van der Waals surface area contributed by atoms with Gasteiger partial charge >= 0.3 is 0 Å². The molecule has 0 saturated carbocycles. The number of nitrogens with one attached hydrogen (secondary N) is 1. The lowest BCUT2D eigenvalue weighted by atomic mass is 10.3. The van der Waals surface area contributed by atoms with Crippen molar-refractivity contribution in [3.63, 3.8) is 0 Å². The first-order valence-electron chi connectivity index (χ1n) is 3.40. The standard InChI is InChI=1S/C8H9ClN2O.ClH/c9-6-1-3-7(4-2-6)12-5-8(10)11;/h1-4H,5H2,(H3,10,11);1H/p-1. The van der Waals surface area contributed by atoms with Crippen LogP contribution in [0, 0.1) is 5.41 Å². The van der Waals surface area contributed by atoms with Crippen LogP contribution in [-0.2, 0) is 0 Å². The summed E-state index contributed by atoms with van der Waals surface area (Å²) in [7, 11) is 0. The molecule has 0 bridgehead atoms. The van der Waals surface area contributed by atoms with Crippen molar-refractivity contribution in [2.24, 2.45) is 5.73 Å². The van der Waals surface area contributed by atoms with Gasteiger partial charge in [0.05, 0.1) is 0 Å². The number of benzene rings is 1. The summed E-state index contributed by atoms with van der Waals surface area (Å²) in [5.41, 5.74) is 5.10. The van der Waals surface area contributed by atoms with Gasteiger partial charge in [0, 0.05) is 5.02 Å². The second-order valence-corrected chi connectivity index (χ2v) is 2.70. The van der Waals surface area contributed by atoms with Crippen LogP contribution in [0.2, 0.25) is 5.02 Å². The van der Waals surface area contributed by atoms with E-state index in [0.717, 1.165) is 0 Å². The third kappa shape index (κ3) is 4.60. The smallest absolute Gasteiger partial charge is 0.145 e. The topological polar surface area (TPSA) is 59.1 Å². The molecule has 0 atom stereocenters. The Morgan fingerprint density at radius 2 is 1.92 bits per heavy atom. The first-order valence-corrected chi connectivity index (χ1v) is 3.77. The predicted octanol–water partition coefficient (Wildman–Crippen LogP) is -1.34. The van der Waals surface area contributed by atoms with E-state index in [2.05, 4.69) is 0 Å². The van der Waals surface area contributed by atoms with Gasteiger partial charge in [-0.2, -0.15) is 0 Å². The fourth-order valence-electron chi connectivity index (χ4n) is 0.692. The van der Waals surface area contributed by atoms with Crippen LogP contribution >= 0.6 is 11.6 Å². The maximum Gasteiger partial charge on any atom is 0.145 e. The van der Waals surface area contributed by atoms with Gasteiger partial charge in [0.1, 0.15) is 18.2 Å². The Balaban J connectivity index is 0.00000144. The highest BCUT2D eigenvalue weighted by Crippen LogP contribution is 2.14. The van der Waals surface area contributed by atoms with Crippen LogP contribution in [0.5, 0.6) is 5.75 Å². The molecule has 1 rings (SSSR count). The van der Waals surface area contributed by atoms with Crippen LogP contribution in [0.15, 0.2) is 24.3 Å². The monoisotopic (exact) mass is 219 g/mol. The number of rotatable bonds is 3. The number of hydrogen-bond donors (Lipinski definition) is 2. The van der Waals surface area contributed by atoms with Crippen LogP contribution in [0.1, 0.15) is 0 Å². The second kappa shape index (κ2) is 5.67. The SMILES string of the molecule is N=C(N)COc1ccc(Cl)cc1.[Cl-]. The summed E-state index contributed by atoms with van der Waals surface area (Å²) >= 11 is 5.65. The van der Waals surface area contributed by atoms with E-state index in [9.17, 15) is 0 Å². The van der Waals surface area contributed by atoms with E-state index in [1.54, 1.807) is 24.3 Å². The van der Waals surface area contributed by atoms with Crippen molar-refractivity contribution in [3.05, 3.63) is 29.3 Å². The first-order chi connectivity index (χ1) is 5.68. The highest BCUT2D eigenvalue weighted by molar-refractivity contribution is 6.30. The van der Waals surface area contributed by atoms with Crippen LogP contribution in [-0.4, -0.2) is 12.4 Å². The van der Waals surface area contributed by atoms with Crippen molar-refractivity contribution >= 4 is 17.4 Å². The van der Waals surface area contributed by atoms with Gasteiger partial charge in [0.15, 0.2) is 0 Å². The molecule has 0 fully saturated rings. The van der Waals surface area contributed by atoms with Gasteiger partial charge < -0.3 is 22.9 Å². The molecule has 13 heavy (non-hydrogen) atoms. The van der Waals surface area contributed by atoms with E-state index >= 15 is 0 Å². The molecule has 3 N–H and O–H groups in total. The van der Waals surface area contributed by atoms with E-state index in [0.29, 0.717) is 10.8 Å². The molecule has 0 aliphatic carbocycles. The van der Waals surface area contributed by atoms with Crippen molar-refractivity contribution < 1.29 is 17.1 Å². The Morgan fingerprint density at radius 3 is 2.38 bits per heavy atom. The van der Waals surface area contributed by atoms with Crippen molar-refractivity contribution in [3.8, 4) is 5.75 Å². The summed E-state index contributed by atoms with van der Waals surface area (Å²) < 4.78 is 5.11. The van der Waals surface area contributed by atoms with E-state index in [-0.39, 0.29) is 24.8 Å². The lowest BCUT2D eigenvalue weighted by Gasteiger charge is -2.03. The van der Waals surface area contributed by atoms with Crippen molar-refractivity contribution in [1.29, 1.82) is 5.41 Å². The van der Waals surface area contributed by atoms with E-state index < -0.39 is 0 Å². The van der Waals surface area contributed by atoms with Gasteiger partial charge in [-0.1, -0.05) is 11.6 Å². The van der Waals surface area contributed by atoms with Gasteiger partial charge in [0.25, 0.3) is 0 Å². The maximum absolute atomic E-state index is 6.91. The Labute approximate surface area is 87.8 Å². The number of nitrogens with two attached hydrogens (primary N) is 1. The van der Waals surface area contributed by atoms with Gasteiger partial charge in [-0.05, 0) is 24.3 Å². The molecule has 0 aromatic heterocycles. The molecule has 72 valence electrons. The molecule has 0 unspecified atom stereocenters. The van der Waals surface area contributed by atoms with Crippen molar-refractivity contribution in [2.75, 3.05) is 6.61 Å². The third-order valence-corrected chi connectivity index (χ3v) is 1.46. The van der Waals surface area contributed by atoms with E-state index in [1.807, 2.05) is 0 Å². The quantitative estimate of drug-likeness (QED) is 0.489. The minimum atomic E-state index is 0. The normalized spacial score (nSPS) is 8.69. The highest BCUT2D eigenvalue weighted by atomic mass is 35.5. The number of hydrogen-bond acceptors (Lipinski definition) is 2. The van der Waals surface area contributed by atoms with Gasteiger partial charge in [0.2, 0.25) is 0 Å². The Morgan fingerprint density at radius 1 is 1.38 bits per heavy atom. The van der Waals surface area contributed by atoms with Crippen LogP contribution < -0.4 is 22.9 Å². The molecule has 0 heterocycles. The third-order valence-electron chi connectivity index (χ3n) is 1.21. The number of halogens is 2. The second-order valence-electron chi connectivity index (χ2n) is 2.27. The summed E-state index contributed by atoms with van der Waals surface area (Å²) in [6, 6.07) is 6.89. The molecule has 0 aliphatic heterocycles. The zero-order valence-corrected chi connectivity index (χ0v) is 8.27. The Hall–Kier alpha value is -0.930. The van der Waals surface area contributed by atoms with Crippen molar-refractivity contribution in [2.45, 2.75) is 0 Å². The largest absolute Gasteiger partial charge is 1.00 e. The van der Waals surface area contributed by atoms with E-state index in [4.69, 9.17) is 27.5 Å². The lowest BCUT2D eigenvalue weighted by Crippen LogP contribution is -3.00. The zero-order chi connectivity index (χ0) is 8.97. The molecule has 1 aromatic rings. The van der Waals surface area contributed by atoms with Crippen LogP contribution in [0.3, 0.4) is 0 Å². The molecule has 0 radical (unpaired) electrons. The summed E-state index contributed by atoms with van der Waals surface area (Å²) in [4.78, 5) is 0. The summed E-state index contributed by atoms with van der Waals surface area (Å²) in [5.74, 6) is 0.666. The lowest BCUT2D eigenvalue weighted by molar-refractivity contribution is -0.00000308. The van der Waals surface area contributed by atoms with Crippen LogP contribution in [0.25, 0.3) is 0 Å². The average Bonchev–Trinajstić information content (AvgIpc) is 2.03. The fraction of sp³-hybridized carbons (Fsp3) is 0.125. The number of amidine groups is 1. The van der Waals surface area contributed by atoms with Gasteiger partial charge in [-0.3, -0.25) is 5.41 Å². The predicted molar refractivity (Wildman–Crippen MR) is 48.9 cm³/mol. The summed E-state index contributed by atoms with van der Waals surface area (Å²) in [6.07, 6.45) is 0. The molecular weight excluding hydrogens is 211 g/mol. The van der Waals surface area contributed by atoms with Gasteiger partial charge in [-0.15, -0.1) is 0 Å². The van der Waals surface area contributed by atoms with Crippen LogP contribution in [0.4, 0.5) is 0 Å². The average molecular weight is 220 g/mol. The zero-order valence-electron chi connectivity index (χ0n) is 6.76. The first kappa shape index (κ1) is 12.1. The molecule has 0 amide bonds. The Kier molecular flexibility index (Phi) is 5.26. The maximum atomic E-state index is 6.91. The minimum absolute atomic E-state index is 0. The number of ether oxygens (including phenoxy) is 1. The minimum Gasteiger partial charge on any atom is -1.00 e. The molecule has 5 heteroatoms. The molecule has 0 saturated heterocycles.